The second-order valence-electron chi connectivity index (χ2n) is 4.96. The van der Waals surface area contributed by atoms with Gasteiger partial charge in [0.1, 0.15) is 11.6 Å². The van der Waals surface area contributed by atoms with Gasteiger partial charge in [-0.1, -0.05) is 24.2 Å². The first-order valence-corrected chi connectivity index (χ1v) is 7.82. The van der Waals surface area contributed by atoms with Gasteiger partial charge in [-0.25, -0.2) is 4.39 Å². The van der Waals surface area contributed by atoms with Crippen molar-refractivity contribution in [3.05, 3.63) is 35.4 Å². The molecule has 4 nitrogen and oxygen atoms in total. The van der Waals surface area contributed by atoms with Crippen LogP contribution in [0, 0.1) is 5.82 Å². The Kier molecular flexibility index (Phi) is 3.91. The zero-order valence-electron chi connectivity index (χ0n) is 11.2. The minimum absolute atomic E-state index is 0.256. The lowest BCUT2D eigenvalue weighted by Crippen LogP contribution is -2.03. The number of rotatable bonds is 3. The van der Waals surface area contributed by atoms with Crippen LogP contribution in [0.5, 0.6) is 0 Å². The third-order valence-electron chi connectivity index (χ3n) is 3.58. The van der Waals surface area contributed by atoms with Crippen molar-refractivity contribution in [3.8, 4) is 0 Å². The Bertz CT molecular complexity index is 591. The number of aryl methyl sites for hydroxylation is 1. The molecule has 2 aromatic rings. The fraction of sp³-hybridized carbons (Fsp3) is 0.429. The normalized spacial score (nSPS) is 14.8. The first-order valence-electron chi connectivity index (χ1n) is 6.83. The standard InChI is InChI=1S/C14H17FN4S/c15-11-5-4-6-12(16)10(11)9-20-14-18-17-13-7-2-1-3-8-19(13)14/h4-6H,1-3,7-9,16H2. The first kappa shape index (κ1) is 13.4. The van der Waals surface area contributed by atoms with Crippen LogP contribution in [0.15, 0.2) is 23.4 Å². The molecule has 6 heteroatoms. The summed E-state index contributed by atoms with van der Waals surface area (Å²) in [5, 5.41) is 9.33. The van der Waals surface area contributed by atoms with Crippen molar-refractivity contribution in [2.75, 3.05) is 5.73 Å². The molecule has 0 fully saturated rings. The fourth-order valence-corrected chi connectivity index (χ4v) is 3.46. The van der Waals surface area contributed by atoms with Gasteiger partial charge >= 0.3 is 0 Å². The molecule has 1 aromatic carbocycles. The van der Waals surface area contributed by atoms with Crippen LogP contribution in [-0.2, 0) is 18.7 Å². The van der Waals surface area contributed by atoms with Gasteiger partial charge in [0.05, 0.1) is 0 Å². The number of fused-ring (bicyclic) bond motifs is 1. The van der Waals surface area contributed by atoms with Crippen LogP contribution in [0.25, 0.3) is 0 Å². The first-order chi connectivity index (χ1) is 9.75. The van der Waals surface area contributed by atoms with E-state index >= 15 is 0 Å². The van der Waals surface area contributed by atoms with Crippen LogP contribution < -0.4 is 5.73 Å². The monoisotopic (exact) mass is 292 g/mol. The Labute approximate surface area is 121 Å². The summed E-state index contributed by atoms with van der Waals surface area (Å²) < 4.78 is 15.9. The minimum Gasteiger partial charge on any atom is -0.398 e. The Hall–Kier alpha value is -1.56. The Morgan fingerprint density at radius 3 is 3.00 bits per heavy atom. The summed E-state index contributed by atoms with van der Waals surface area (Å²) in [5.74, 6) is 1.27. The zero-order chi connectivity index (χ0) is 13.9. The maximum Gasteiger partial charge on any atom is 0.191 e. The molecular formula is C14H17FN4S. The van der Waals surface area contributed by atoms with Gasteiger partial charge in [0.25, 0.3) is 0 Å². The predicted octanol–water partition coefficient (Wildman–Crippen LogP) is 3.02. The highest BCUT2D eigenvalue weighted by molar-refractivity contribution is 7.98. The zero-order valence-corrected chi connectivity index (χ0v) is 12.0. The summed E-state index contributed by atoms with van der Waals surface area (Å²) in [7, 11) is 0. The third kappa shape index (κ3) is 2.65. The van der Waals surface area contributed by atoms with E-state index in [2.05, 4.69) is 14.8 Å². The van der Waals surface area contributed by atoms with Gasteiger partial charge in [-0.2, -0.15) is 0 Å². The lowest BCUT2D eigenvalue weighted by molar-refractivity contribution is 0.590. The number of hydrogen-bond donors (Lipinski definition) is 1. The molecule has 0 spiro atoms. The SMILES string of the molecule is Nc1cccc(F)c1CSc1nnc2n1CCCCC2. The van der Waals surface area contributed by atoms with E-state index in [1.54, 1.807) is 12.1 Å². The average Bonchev–Trinajstić information content (AvgIpc) is 2.67. The summed E-state index contributed by atoms with van der Waals surface area (Å²) >= 11 is 1.50. The van der Waals surface area contributed by atoms with E-state index in [0.29, 0.717) is 17.0 Å². The number of thioether (sulfide) groups is 1. The van der Waals surface area contributed by atoms with Gasteiger partial charge in [-0.3, -0.25) is 0 Å². The number of benzene rings is 1. The maximum absolute atomic E-state index is 13.7. The van der Waals surface area contributed by atoms with Gasteiger partial charge in [0, 0.05) is 30.0 Å². The molecule has 0 atom stereocenters. The topological polar surface area (TPSA) is 56.7 Å². The van der Waals surface area contributed by atoms with Gasteiger partial charge in [-0.05, 0) is 25.0 Å². The van der Waals surface area contributed by atoms with Crippen molar-refractivity contribution in [1.29, 1.82) is 0 Å². The molecule has 0 amide bonds. The molecule has 0 bridgehead atoms. The van der Waals surface area contributed by atoms with Crippen LogP contribution in [0.4, 0.5) is 10.1 Å². The second kappa shape index (κ2) is 5.83. The molecule has 0 radical (unpaired) electrons. The van der Waals surface area contributed by atoms with Crippen molar-refractivity contribution in [2.24, 2.45) is 0 Å². The highest BCUT2D eigenvalue weighted by atomic mass is 32.2. The van der Waals surface area contributed by atoms with Crippen LogP contribution in [0.1, 0.15) is 30.7 Å². The fourth-order valence-electron chi connectivity index (χ4n) is 2.43. The van der Waals surface area contributed by atoms with E-state index < -0.39 is 0 Å². The lowest BCUT2D eigenvalue weighted by atomic mass is 10.2. The van der Waals surface area contributed by atoms with E-state index in [4.69, 9.17) is 5.73 Å². The molecule has 0 unspecified atom stereocenters. The molecule has 0 aliphatic carbocycles. The molecule has 0 saturated heterocycles. The van der Waals surface area contributed by atoms with Crippen molar-refractivity contribution in [3.63, 3.8) is 0 Å². The second-order valence-corrected chi connectivity index (χ2v) is 5.90. The number of anilines is 1. The number of nitrogens with zero attached hydrogens (tertiary/aromatic N) is 3. The highest BCUT2D eigenvalue weighted by Crippen LogP contribution is 2.28. The summed E-state index contributed by atoms with van der Waals surface area (Å²) in [6.07, 6.45) is 4.53. The van der Waals surface area contributed by atoms with Crippen molar-refractivity contribution in [1.82, 2.24) is 14.8 Å². The number of aromatic nitrogens is 3. The lowest BCUT2D eigenvalue weighted by Gasteiger charge is -2.08. The van der Waals surface area contributed by atoms with Gasteiger partial charge < -0.3 is 10.3 Å². The molecule has 0 saturated carbocycles. The smallest absolute Gasteiger partial charge is 0.191 e. The van der Waals surface area contributed by atoms with Crippen LogP contribution in [-0.4, -0.2) is 14.8 Å². The molecule has 3 rings (SSSR count). The number of nitrogen functional groups attached to an aromatic ring is 1. The molecule has 1 aromatic heterocycles. The Morgan fingerprint density at radius 1 is 1.25 bits per heavy atom. The number of halogens is 1. The van der Waals surface area contributed by atoms with E-state index in [-0.39, 0.29) is 5.82 Å². The van der Waals surface area contributed by atoms with Crippen LogP contribution in [0.2, 0.25) is 0 Å². The molecule has 20 heavy (non-hydrogen) atoms. The van der Waals surface area contributed by atoms with Crippen LogP contribution >= 0.6 is 11.8 Å². The summed E-state index contributed by atoms with van der Waals surface area (Å²) in [4.78, 5) is 0. The van der Waals surface area contributed by atoms with Crippen LogP contribution in [0.3, 0.4) is 0 Å². The van der Waals surface area contributed by atoms with Gasteiger partial charge in [0.15, 0.2) is 5.16 Å². The molecule has 106 valence electrons. The largest absolute Gasteiger partial charge is 0.398 e. The summed E-state index contributed by atoms with van der Waals surface area (Å²) in [6, 6.07) is 4.79. The number of hydrogen-bond acceptors (Lipinski definition) is 4. The van der Waals surface area contributed by atoms with Crippen molar-refractivity contribution < 1.29 is 4.39 Å². The van der Waals surface area contributed by atoms with Gasteiger partial charge in [0.2, 0.25) is 0 Å². The van der Waals surface area contributed by atoms with E-state index in [0.717, 1.165) is 30.4 Å². The number of nitrogens with two attached hydrogens (primary N) is 1. The maximum atomic E-state index is 13.7. The van der Waals surface area contributed by atoms with E-state index in [9.17, 15) is 4.39 Å². The molecule has 1 aliphatic rings. The van der Waals surface area contributed by atoms with Crippen molar-refractivity contribution in [2.45, 2.75) is 43.1 Å². The molecular weight excluding hydrogens is 275 g/mol. The van der Waals surface area contributed by atoms with Crippen molar-refractivity contribution >= 4 is 17.4 Å². The molecule has 1 aliphatic heterocycles. The summed E-state index contributed by atoms with van der Waals surface area (Å²) in [6.45, 7) is 0.956. The molecule has 2 heterocycles. The van der Waals surface area contributed by atoms with E-state index in [1.165, 1.54) is 30.7 Å². The van der Waals surface area contributed by atoms with E-state index in [1.807, 2.05) is 0 Å². The minimum atomic E-state index is -0.256. The van der Waals surface area contributed by atoms with Gasteiger partial charge in [-0.15, -0.1) is 10.2 Å². The Morgan fingerprint density at radius 2 is 2.15 bits per heavy atom. The molecule has 2 N–H and O–H groups in total. The highest BCUT2D eigenvalue weighted by Gasteiger charge is 2.16. The average molecular weight is 292 g/mol. The Balaban J connectivity index is 1.77. The quantitative estimate of drug-likeness (QED) is 0.698. The third-order valence-corrected chi connectivity index (χ3v) is 4.57. The summed E-state index contributed by atoms with van der Waals surface area (Å²) in [5.41, 5.74) is 6.87. The predicted molar refractivity (Wildman–Crippen MR) is 78.0 cm³/mol.